The summed E-state index contributed by atoms with van der Waals surface area (Å²) < 4.78 is 11.7. The zero-order chi connectivity index (χ0) is 17.7. The van der Waals surface area contributed by atoms with Crippen molar-refractivity contribution in [3.63, 3.8) is 0 Å². The maximum Gasteiger partial charge on any atom is 0.256 e. The second-order valence-corrected chi connectivity index (χ2v) is 6.91. The molecule has 1 aliphatic carbocycles. The van der Waals surface area contributed by atoms with Gasteiger partial charge in [0.1, 0.15) is 11.4 Å². The van der Waals surface area contributed by atoms with Crippen LogP contribution in [0.15, 0.2) is 12.1 Å². The lowest BCUT2D eigenvalue weighted by Gasteiger charge is -2.28. The van der Waals surface area contributed by atoms with Gasteiger partial charge in [0, 0.05) is 12.3 Å². The number of anilines is 1. The van der Waals surface area contributed by atoms with E-state index in [0.29, 0.717) is 12.5 Å². The van der Waals surface area contributed by atoms with E-state index in [4.69, 9.17) is 9.47 Å². The molecule has 0 aliphatic heterocycles. The molecule has 2 rings (SSSR count). The maximum atomic E-state index is 12.8. The van der Waals surface area contributed by atoms with Crippen LogP contribution in [-0.2, 0) is 9.53 Å². The van der Waals surface area contributed by atoms with Crippen molar-refractivity contribution < 1.29 is 14.3 Å². The molecule has 1 aromatic rings. The first-order chi connectivity index (χ1) is 11.4. The lowest BCUT2D eigenvalue weighted by Crippen LogP contribution is -2.44. The average Bonchev–Trinajstić information content (AvgIpc) is 3.35. The summed E-state index contributed by atoms with van der Waals surface area (Å²) in [6.45, 7) is 11.3. The molecule has 0 radical (unpaired) electrons. The van der Waals surface area contributed by atoms with Gasteiger partial charge < -0.3 is 14.8 Å². The summed E-state index contributed by atoms with van der Waals surface area (Å²) in [4.78, 5) is 12.8. The molecule has 4 heteroatoms. The Kier molecular flexibility index (Phi) is 6.27. The molecule has 1 atom stereocenters. The van der Waals surface area contributed by atoms with Gasteiger partial charge in [-0.25, -0.2) is 0 Å². The fraction of sp³-hybridized carbons (Fsp3) is 0.650. The third-order valence-corrected chi connectivity index (χ3v) is 4.71. The van der Waals surface area contributed by atoms with Gasteiger partial charge in [0.15, 0.2) is 0 Å². The molecule has 1 saturated carbocycles. The third-order valence-electron chi connectivity index (χ3n) is 4.71. The van der Waals surface area contributed by atoms with Gasteiger partial charge in [-0.1, -0.05) is 13.3 Å². The number of nitrogens with one attached hydrogen (secondary N) is 1. The fourth-order valence-electron chi connectivity index (χ4n) is 3.13. The predicted molar refractivity (Wildman–Crippen MR) is 97.7 cm³/mol. The second-order valence-electron chi connectivity index (χ2n) is 6.91. The van der Waals surface area contributed by atoms with Gasteiger partial charge in [0.2, 0.25) is 0 Å². The van der Waals surface area contributed by atoms with Crippen molar-refractivity contribution in [3.05, 3.63) is 23.3 Å². The van der Waals surface area contributed by atoms with Gasteiger partial charge in [0.05, 0.1) is 6.61 Å². The van der Waals surface area contributed by atoms with E-state index < -0.39 is 5.60 Å². The normalized spacial score (nSPS) is 16.5. The average molecular weight is 333 g/mol. The van der Waals surface area contributed by atoms with Crippen LogP contribution in [0.3, 0.4) is 0 Å². The Morgan fingerprint density at radius 2 is 1.88 bits per heavy atom. The first kappa shape index (κ1) is 18.8. The Morgan fingerprint density at radius 1 is 1.25 bits per heavy atom. The summed E-state index contributed by atoms with van der Waals surface area (Å²) in [5.74, 6) is 1.21. The minimum Gasteiger partial charge on any atom is -0.493 e. The molecule has 4 nitrogen and oxygen atoms in total. The van der Waals surface area contributed by atoms with E-state index in [1.165, 1.54) is 0 Å². The summed E-state index contributed by atoms with van der Waals surface area (Å²) in [5, 5.41) is 3.05. The number of amides is 1. The maximum absolute atomic E-state index is 12.8. The van der Waals surface area contributed by atoms with Gasteiger partial charge in [-0.2, -0.15) is 0 Å². The van der Waals surface area contributed by atoms with Crippen LogP contribution in [0.1, 0.15) is 57.6 Å². The highest BCUT2D eigenvalue weighted by atomic mass is 16.5. The van der Waals surface area contributed by atoms with E-state index in [0.717, 1.165) is 54.9 Å². The van der Waals surface area contributed by atoms with Crippen molar-refractivity contribution in [2.75, 3.05) is 18.5 Å². The van der Waals surface area contributed by atoms with Crippen LogP contribution in [0.4, 0.5) is 5.69 Å². The first-order valence-electron chi connectivity index (χ1n) is 9.11. The SMILES string of the molecule is CCCCOc1c(C)cc(NC(=O)C(C)(OCC)C2CC2)cc1C. The molecule has 0 spiro atoms. The van der Waals surface area contributed by atoms with Crippen LogP contribution >= 0.6 is 0 Å². The van der Waals surface area contributed by atoms with Crippen molar-refractivity contribution >= 4 is 11.6 Å². The number of carbonyl (C=O) groups is 1. The standard InChI is InChI=1S/C20H31NO3/c1-6-8-11-23-18-14(3)12-17(13-15(18)4)21-19(22)20(5,24-7-2)16-9-10-16/h12-13,16H,6-11H2,1-5H3,(H,21,22). The second kappa shape index (κ2) is 8.02. The number of rotatable bonds is 9. The number of hydrogen-bond donors (Lipinski definition) is 1. The molecule has 24 heavy (non-hydrogen) atoms. The van der Waals surface area contributed by atoms with Crippen LogP contribution in [0.2, 0.25) is 0 Å². The van der Waals surface area contributed by atoms with Gasteiger partial charge in [-0.3, -0.25) is 4.79 Å². The Hall–Kier alpha value is -1.55. The van der Waals surface area contributed by atoms with E-state index in [1.807, 2.05) is 39.8 Å². The largest absolute Gasteiger partial charge is 0.493 e. The molecular formula is C20H31NO3. The predicted octanol–water partition coefficient (Wildman–Crippen LogP) is 4.63. The van der Waals surface area contributed by atoms with Crippen LogP contribution in [0.25, 0.3) is 0 Å². The number of hydrogen-bond acceptors (Lipinski definition) is 3. The molecule has 0 bridgehead atoms. The molecule has 0 aromatic heterocycles. The zero-order valence-corrected chi connectivity index (χ0v) is 15.7. The Balaban J connectivity index is 2.10. The molecular weight excluding hydrogens is 302 g/mol. The quantitative estimate of drug-likeness (QED) is 0.670. The molecule has 1 amide bonds. The number of carbonyl (C=O) groups excluding carboxylic acids is 1. The molecule has 1 aromatic carbocycles. The minimum atomic E-state index is -0.729. The van der Waals surface area contributed by atoms with Crippen molar-refractivity contribution in [1.82, 2.24) is 0 Å². The number of benzene rings is 1. The van der Waals surface area contributed by atoms with Gasteiger partial charge >= 0.3 is 0 Å². The number of unbranched alkanes of at least 4 members (excludes halogenated alkanes) is 1. The van der Waals surface area contributed by atoms with Gasteiger partial charge in [-0.15, -0.1) is 0 Å². The van der Waals surface area contributed by atoms with Crippen molar-refractivity contribution in [2.24, 2.45) is 5.92 Å². The van der Waals surface area contributed by atoms with E-state index in [1.54, 1.807) is 0 Å². The number of aryl methyl sites for hydroxylation is 2. The highest BCUT2D eigenvalue weighted by molar-refractivity contribution is 5.97. The first-order valence-corrected chi connectivity index (χ1v) is 9.11. The van der Waals surface area contributed by atoms with Crippen LogP contribution in [-0.4, -0.2) is 24.7 Å². The van der Waals surface area contributed by atoms with Gasteiger partial charge in [0.25, 0.3) is 5.91 Å². The van der Waals surface area contributed by atoms with Crippen LogP contribution in [0, 0.1) is 19.8 Å². The van der Waals surface area contributed by atoms with Crippen molar-refractivity contribution in [1.29, 1.82) is 0 Å². The molecule has 0 saturated heterocycles. The Bertz CT molecular complexity index is 557. The summed E-state index contributed by atoms with van der Waals surface area (Å²) in [7, 11) is 0. The molecule has 1 fully saturated rings. The lowest BCUT2D eigenvalue weighted by molar-refractivity contribution is -0.141. The summed E-state index contributed by atoms with van der Waals surface area (Å²) in [6.07, 6.45) is 4.28. The lowest BCUT2D eigenvalue weighted by atomic mass is 9.98. The smallest absolute Gasteiger partial charge is 0.256 e. The Morgan fingerprint density at radius 3 is 2.38 bits per heavy atom. The zero-order valence-electron chi connectivity index (χ0n) is 15.7. The fourth-order valence-corrected chi connectivity index (χ4v) is 3.13. The topological polar surface area (TPSA) is 47.6 Å². The van der Waals surface area contributed by atoms with E-state index in [9.17, 15) is 4.79 Å². The summed E-state index contributed by atoms with van der Waals surface area (Å²) >= 11 is 0. The van der Waals surface area contributed by atoms with Crippen LogP contribution < -0.4 is 10.1 Å². The highest BCUT2D eigenvalue weighted by Crippen LogP contribution is 2.42. The molecule has 1 aliphatic rings. The van der Waals surface area contributed by atoms with Crippen molar-refractivity contribution in [2.45, 2.75) is 65.9 Å². The highest BCUT2D eigenvalue weighted by Gasteiger charge is 2.48. The summed E-state index contributed by atoms with van der Waals surface area (Å²) in [5.41, 5.74) is 2.17. The summed E-state index contributed by atoms with van der Waals surface area (Å²) in [6, 6.07) is 3.96. The monoisotopic (exact) mass is 333 g/mol. The Labute approximate surface area is 145 Å². The molecule has 1 N–H and O–H groups in total. The van der Waals surface area contributed by atoms with E-state index >= 15 is 0 Å². The molecule has 1 unspecified atom stereocenters. The molecule has 134 valence electrons. The number of ether oxygens (including phenoxy) is 2. The van der Waals surface area contributed by atoms with E-state index in [-0.39, 0.29) is 5.91 Å². The third kappa shape index (κ3) is 4.29. The van der Waals surface area contributed by atoms with Gasteiger partial charge in [-0.05, 0) is 76.1 Å². The van der Waals surface area contributed by atoms with E-state index in [2.05, 4.69) is 12.2 Å². The van der Waals surface area contributed by atoms with Crippen molar-refractivity contribution in [3.8, 4) is 5.75 Å². The molecule has 0 heterocycles. The minimum absolute atomic E-state index is 0.0506. The van der Waals surface area contributed by atoms with Crippen LogP contribution in [0.5, 0.6) is 5.75 Å².